The Labute approximate surface area is 86.3 Å². The average Bonchev–Trinajstić information content (AvgIpc) is 2.15. The molecule has 0 aromatic rings. The van der Waals surface area contributed by atoms with E-state index < -0.39 is 0 Å². The fourth-order valence-electron chi connectivity index (χ4n) is 1.27. The molecule has 3 nitrogen and oxygen atoms in total. The first-order valence-corrected chi connectivity index (χ1v) is 5.35. The summed E-state index contributed by atoms with van der Waals surface area (Å²) in [6.45, 7) is 7.53. The number of nitrogens with one attached hydrogen (secondary N) is 1. The molecule has 0 aromatic carbocycles. The van der Waals surface area contributed by atoms with E-state index in [2.05, 4.69) is 5.32 Å². The Hall–Kier alpha value is -0.860. The van der Waals surface area contributed by atoms with Crippen molar-refractivity contribution >= 4 is 11.7 Å². The average molecular weight is 199 g/mol. The Morgan fingerprint density at radius 3 is 2.14 bits per heavy atom. The van der Waals surface area contributed by atoms with Crippen LogP contribution in [0.3, 0.4) is 0 Å². The van der Waals surface area contributed by atoms with E-state index in [0.29, 0.717) is 6.42 Å². The fourth-order valence-corrected chi connectivity index (χ4v) is 1.27. The van der Waals surface area contributed by atoms with Crippen molar-refractivity contribution in [3.63, 3.8) is 0 Å². The summed E-state index contributed by atoms with van der Waals surface area (Å²) in [6, 6.07) is -0.285. The van der Waals surface area contributed by atoms with E-state index in [1.807, 2.05) is 20.8 Å². The molecule has 14 heavy (non-hydrogen) atoms. The van der Waals surface area contributed by atoms with Crippen LogP contribution in [0.2, 0.25) is 0 Å². The first-order valence-electron chi connectivity index (χ1n) is 5.35. The van der Waals surface area contributed by atoms with Gasteiger partial charge >= 0.3 is 0 Å². The van der Waals surface area contributed by atoms with Crippen molar-refractivity contribution < 1.29 is 9.59 Å². The second-order valence-corrected chi connectivity index (χ2v) is 3.82. The van der Waals surface area contributed by atoms with E-state index >= 15 is 0 Å². The topological polar surface area (TPSA) is 46.2 Å². The minimum absolute atomic E-state index is 0.0105. The maximum atomic E-state index is 11.7. The molecule has 0 unspecified atom stereocenters. The van der Waals surface area contributed by atoms with Crippen LogP contribution >= 0.6 is 0 Å². The number of ketones is 1. The molecule has 0 aromatic heterocycles. The molecule has 0 radical (unpaired) electrons. The van der Waals surface area contributed by atoms with Gasteiger partial charge in [-0.25, -0.2) is 0 Å². The van der Waals surface area contributed by atoms with Crippen molar-refractivity contribution in [2.75, 3.05) is 0 Å². The number of hydrogen-bond donors (Lipinski definition) is 1. The summed E-state index contributed by atoms with van der Waals surface area (Å²) in [7, 11) is 0. The van der Waals surface area contributed by atoms with E-state index in [1.165, 1.54) is 0 Å². The SMILES string of the molecule is CCC[C@H](NC(=O)CC)C(=O)C(C)C. The second kappa shape index (κ2) is 6.57. The lowest BCUT2D eigenvalue weighted by atomic mass is 9.98. The van der Waals surface area contributed by atoms with Crippen molar-refractivity contribution in [3.05, 3.63) is 0 Å². The summed E-state index contributed by atoms with van der Waals surface area (Å²) < 4.78 is 0. The van der Waals surface area contributed by atoms with Crippen LogP contribution in [0.15, 0.2) is 0 Å². The van der Waals surface area contributed by atoms with Gasteiger partial charge in [0.25, 0.3) is 0 Å². The standard InChI is InChI=1S/C11H21NO2/c1-5-7-9(11(14)8(3)4)12-10(13)6-2/h8-9H,5-7H2,1-4H3,(H,12,13)/t9-/m0/s1. The van der Waals surface area contributed by atoms with E-state index in [1.54, 1.807) is 6.92 Å². The molecule has 1 atom stereocenters. The zero-order chi connectivity index (χ0) is 11.1. The van der Waals surface area contributed by atoms with Crippen molar-refractivity contribution in [1.29, 1.82) is 0 Å². The van der Waals surface area contributed by atoms with Crippen molar-refractivity contribution in [3.8, 4) is 0 Å². The van der Waals surface area contributed by atoms with Crippen LogP contribution in [0.4, 0.5) is 0 Å². The molecule has 0 spiro atoms. The molecule has 0 rings (SSSR count). The summed E-state index contributed by atoms with van der Waals surface area (Å²) in [5.41, 5.74) is 0. The number of carbonyl (C=O) groups excluding carboxylic acids is 2. The van der Waals surface area contributed by atoms with E-state index in [4.69, 9.17) is 0 Å². The highest BCUT2D eigenvalue weighted by atomic mass is 16.2. The molecule has 1 amide bonds. The maximum absolute atomic E-state index is 11.7. The van der Waals surface area contributed by atoms with E-state index in [9.17, 15) is 9.59 Å². The molecule has 3 heteroatoms. The largest absolute Gasteiger partial charge is 0.346 e. The number of hydrogen-bond acceptors (Lipinski definition) is 2. The van der Waals surface area contributed by atoms with Crippen LogP contribution in [-0.4, -0.2) is 17.7 Å². The first-order chi connectivity index (χ1) is 6.52. The van der Waals surface area contributed by atoms with Gasteiger partial charge in [-0.05, 0) is 6.42 Å². The highest BCUT2D eigenvalue weighted by molar-refractivity contribution is 5.90. The second-order valence-electron chi connectivity index (χ2n) is 3.82. The summed E-state index contributed by atoms with van der Waals surface area (Å²) in [5.74, 6) is 0.0785. The molecule has 0 saturated carbocycles. The van der Waals surface area contributed by atoms with Gasteiger partial charge in [0.2, 0.25) is 5.91 Å². The molecule has 0 saturated heterocycles. The lowest BCUT2D eigenvalue weighted by Gasteiger charge is -2.18. The highest BCUT2D eigenvalue weighted by Crippen LogP contribution is 2.06. The van der Waals surface area contributed by atoms with E-state index in [-0.39, 0.29) is 23.7 Å². The van der Waals surface area contributed by atoms with Gasteiger partial charge < -0.3 is 5.32 Å². The predicted molar refractivity (Wildman–Crippen MR) is 57.0 cm³/mol. The molecular weight excluding hydrogens is 178 g/mol. The number of amides is 1. The normalized spacial score (nSPS) is 12.6. The Bertz CT molecular complexity index is 199. The maximum Gasteiger partial charge on any atom is 0.220 e. The third-order valence-corrected chi connectivity index (χ3v) is 2.15. The third kappa shape index (κ3) is 4.40. The molecule has 0 aliphatic carbocycles. The Morgan fingerprint density at radius 1 is 1.21 bits per heavy atom. The molecule has 0 fully saturated rings. The van der Waals surface area contributed by atoms with E-state index in [0.717, 1.165) is 12.8 Å². The smallest absolute Gasteiger partial charge is 0.220 e. The first kappa shape index (κ1) is 13.1. The van der Waals surface area contributed by atoms with Crippen molar-refractivity contribution in [2.24, 2.45) is 5.92 Å². The Balaban J connectivity index is 4.28. The number of carbonyl (C=O) groups is 2. The monoisotopic (exact) mass is 199 g/mol. The quantitative estimate of drug-likeness (QED) is 0.710. The van der Waals surface area contributed by atoms with Gasteiger partial charge in [0.05, 0.1) is 6.04 Å². The lowest BCUT2D eigenvalue weighted by Crippen LogP contribution is -2.42. The van der Waals surface area contributed by atoms with Gasteiger partial charge in [-0.2, -0.15) is 0 Å². The zero-order valence-electron chi connectivity index (χ0n) is 9.59. The summed E-state index contributed by atoms with van der Waals surface area (Å²) in [4.78, 5) is 22.8. The van der Waals surface area contributed by atoms with Gasteiger partial charge in [-0.15, -0.1) is 0 Å². The molecule has 1 N–H and O–H groups in total. The molecule has 0 heterocycles. The van der Waals surface area contributed by atoms with Crippen LogP contribution in [0.5, 0.6) is 0 Å². The molecule has 0 aliphatic rings. The van der Waals surface area contributed by atoms with Crippen LogP contribution in [0, 0.1) is 5.92 Å². The third-order valence-electron chi connectivity index (χ3n) is 2.15. The minimum Gasteiger partial charge on any atom is -0.346 e. The van der Waals surface area contributed by atoms with Gasteiger partial charge in [0.15, 0.2) is 5.78 Å². The van der Waals surface area contributed by atoms with Crippen LogP contribution in [0.25, 0.3) is 0 Å². The van der Waals surface area contributed by atoms with Gasteiger partial charge in [-0.1, -0.05) is 34.1 Å². The van der Waals surface area contributed by atoms with Crippen LogP contribution < -0.4 is 5.32 Å². The fraction of sp³-hybridized carbons (Fsp3) is 0.818. The van der Waals surface area contributed by atoms with Crippen LogP contribution in [0.1, 0.15) is 47.0 Å². The predicted octanol–water partition coefficient (Wildman–Crippen LogP) is 1.91. The zero-order valence-corrected chi connectivity index (χ0v) is 9.59. The van der Waals surface area contributed by atoms with Crippen LogP contribution in [-0.2, 0) is 9.59 Å². The van der Waals surface area contributed by atoms with Crippen molar-refractivity contribution in [2.45, 2.75) is 53.0 Å². The summed E-state index contributed by atoms with van der Waals surface area (Å²) in [5, 5.41) is 2.76. The minimum atomic E-state index is -0.285. The number of Topliss-reactive ketones (excluding diaryl/α,β-unsaturated/α-hetero) is 1. The van der Waals surface area contributed by atoms with Gasteiger partial charge in [0.1, 0.15) is 0 Å². The summed E-state index contributed by atoms with van der Waals surface area (Å²) >= 11 is 0. The molecule has 82 valence electrons. The van der Waals surface area contributed by atoms with Crippen molar-refractivity contribution in [1.82, 2.24) is 5.32 Å². The lowest BCUT2D eigenvalue weighted by molar-refractivity contribution is -0.129. The van der Waals surface area contributed by atoms with Gasteiger partial charge in [0, 0.05) is 12.3 Å². The van der Waals surface area contributed by atoms with Gasteiger partial charge in [-0.3, -0.25) is 9.59 Å². The summed E-state index contributed by atoms with van der Waals surface area (Å²) in [6.07, 6.45) is 2.08. The molecular formula is C11H21NO2. The highest BCUT2D eigenvalue weighted by Gasteiger charge is 2.21. The molecule has 0 aliphatic heterocycles. The number of rotatable bonds is 6. The Morgan fingerprint density at radius 2 is 1.79 bits per heavy atom. The Kier molecular flexibility index (Phi) is 6.17. The molecule has 0 bridgehead atoms.